The molecule has 0 fully saturated rings. The van der Waals surface area contributed by atoms with Gasteiger partial charge in [-0.2, -0.15) is 0 Å². The van der Waals surface area contributed by atoms with Crippen molar-refractivity contribution in [2.24, 2.45) is 0 Å². The van der Waals surface area contributed by atoms with Crippen molar-refractivity contribution in [3.05, 3.63) is 34.5 Å². The van der Waals surface area contributed by atoms with Crippen molar-refractivity contribution in [1.82, 2.24) is 4.57 Å². The number of carboxylic acids is 1. The monoisotopic (exact) mass is 287 g/mol. The molecule has 0 aliphatic carbocycles. The van der Waals surface area contributed by atoms with Crippen molar-refractivity contribution in [2.45, 2.75) is 59.9 Å². The second-order valence-electron chi connectivity index (χ2n) is 6.32. The fraction of sp³-hybridized carbons (Fsp3) is 0.500. The number of aromatic carboxylic acids is 1. The van der Waals surface area contributed by atoms with E-state index >= 15 is 0 Å². The Labute approximate surface area is 126 Å². The summed E-state index contributed by atoms with van der Waals surface area (Å²) in [6.07, 6.45) is 0.847. The van der Waals surface area contributed by atoms with Crippen molar-refractivity contribution in [1.29, 1.82) is 0 Å². The summed E-state index contributed by atoms with van der Waals surface area (Å²) in [6.45, 7) is 12.7. The van der Waals surface area contributed by atoms with Gasteiger partial charge in [0, 0.05) is 17.1 Å². The lowest BCUT2D eigenvalue weighted by molar-refractivity contribution is 0.0698. The first-order valence-electron chi connectivity index (χ1n) is 7.70. The molecule has 0 radical (unpaired) electrons. The molecular weight excluding hydrogens is 262 g/mol. The van der Waals surface area contributed by atoms with Crippen LogP contribution in [0.25, 0.3) is 10.9 Å². The third-order valence-corrected chi connectivity index (χ3v) is 4.18. The molecule has 21 heavy (non-hydrogen) atoms. The molecule has 1 N–H and O–H groups in total. The Kier molecular flexibility index (Phi) is 4.13. The number of aromatic nitrogens is 1. The van der Waals surface area contributed by atoms with Crippen LogP contribution in [0, 0.1) is 6.92 Å². The zero-order valence-corrected chi connectivity index (χ0v) is 13.8. The van der Waals surface area contributed by atoms with Gasteiger partial charge in [0.1, 0.15) is 0 Å². The van der Waals surface area contributed by atoms with Crippen LogP contribution in [0.5, 0.6) is 0 Å². The molecular formula is C18H25NO2. The Balaban J connectivity index is 3.03. The molecule has 0 saturated carbocycles. The van der Waals surface area contributed by atoms with Crippen LogP contribution in [-0.4, -0.2) is 15.6 Å². The van der Waals surface area contributed by atoms with Gasteiger partial charge in [-0.25, -0.2) is 4.79 Å². The van der Waals surface area contributed by atoms with Crippen molar-refractivity contribution in [2.75, 3.05) is 0 Å². The molecule has 3 heteroatoms. The number of aryl methyl sites for hydroxylation is 1. The van der Waals surface area contributed by atoms with Crippen LogP contribution in [0.2, 0.25) is 0 Å². The number of rotatable bonds is 4. The van der Waals surface area contributed by atoms with Crippen LogP contribution >= 0.6 is 0 Å². The number of hydrogen-bond acceptors (Lipinski definition) is 1. The summed E-state index contributed by atoms with van der Waals surface area (Å²) in [4.78, 5) is 11.7. The zero-order chi connectivity index (χ0) is 15.9. The highest BCUT2D eigenvalue weighted by molar-refractivity contribution is 6.04. The van der Waals surface area contributed by atoms with Gasteiger partial charge in [0.25, 0.3) is 0 Å². The number of carbonyl (C=O) groups is 1. The van der Waals surface area contributed by atoms with Gasteiger partial charge in [0.05, 0.1) is 11.1 Å². The third kappa shape index (κ3) is 2.45. The number of carboxylic acid groups (broad SMARTS) is 1. The normalized spacial score (nSPS) is 11.8. The van der Waals surface area contributed by atoms with E-state index in [1.807, 2.05) is 6.07 Å². The fourth-order valence-electron chi connectivity index (χ4n) is 3.39. The van der Waals surface area contributed by atoms with E-state index in [0.717, 1.165) is 22.9 Å². The van der Waals surface area contributed by atoms with Crippen LogP contribution in [0.3, 0.4) is 0 Å². The van der Waals surface area contributed by atoms with Gasteiger partial charge in [-0.05, 0) is 56.4 Å². The molecule has 0 aliphatic heterocycles. The smallest absolute Gasteiger partial charge is 0.337 e. The van der Waals surface area contributed by atoms with Gasteiger partial charge in [-0.15, -0.1) is 0 Å². The molecule has 1 aromatic heterocycles. The molecule has 0 bridgehead atoms. The summed E-state index contributed by atoms with van der Waals surface area (Å²) in [7, 11) is 0. The molecule has 0 saturated heterocycles. The summed E-state index contributed by atoms with van der Waals surface area (Å²) in [6, 6.07) is 4.24. The molecule has 1 heterocycles. The van der Waals surface area contributed by atoms with Crippen molar-refractivity contribution >= 4 is 16.9 Å². The minimum atomic E-state index is -0.843. The van der Waals surface area contributed by atoms with Crippen molar-refractivity contribution in [3.8, 4) is 0 Å². The van der Waals surface area contributed by atoms with E-state index in [1.54, 1.807) is 0 Å². The van der Waals surface area contributed by atoms with E-state index in [0.29, 0.717) is 11.5 Å². The van der Waals surface area contributed by atoms with Crippen LogP contribution < -0.4 is 0 Å². The predicted molar refractivity (Wildman–Crippen MR) is 87.5 cm³/mol. The van der Waals surface area contributed by atoms with E-state index in [2.05, 4.69) is 52.2 Å². The molecule has 0 unspecified atom stereocenters. The van der Waals surface area contributed by atoms with E-state index in [4.69, 9.17) is 0 Å². The average molecular weight is 287 g/mol. The second kappa shape index (κ2) is 5.55. The molecule has 0 spiro atoms. The Hall–Kier alpha value is -1.77. The number of nitrogens with zero attached hydrogens (tertiary/aromatic N) is 1. The Morgan fingerprint density at radius 3 is 2.29 bits per heavy atom. The van der Waals surface area contributed by atoms with Crippen molar-refractivity contribution in [3.63, 3.8) is 0 Å². The average Bonchev–Trinajstić information content (AvgIpc) is 2.68. The topological polar surface area (TPSA) is 42.2 Å². The Bertz CT molecular complexity index is 693. The van der Waals surface area contributed by atoms with Gasteiger partial charge < -0.3 is 9.67 Å². The summed E-state index contributed by atoms with van der Waals surface area (Å²) < 4.78 is 2.17. The maximum Gasteiger partial charge on any atom is 0.337 e. The maximum absolute atomic E-state index is 11.7. The van der Waals surface area contributed by atoms with E-state index in [-0.39, 0.29) is 6.04 Å². The fourth-order valence-corrected chi connectivity index (χ4v) is 3.39. The second-order valence-corrected chi connectivity index (χ2v) is 6.32. The predicted octanol–water partition coefficient (Wildman–Crippen LogP) is 4.91. The summed E-state index contributed by atoms with van der Waals surface area (Å²) >= 11 is 0. The molecule has 2 aromatic rings. The highest BCUT2D eigenvalue weighted by Gasteiger charge is 2.23. The van der Waals surface area contributed by atoms with Crippen LogP contribution in [0.4, 0.5) is 0 Å². The minimum absolute atomic E-state index is 0.241. The quantitative estimate of drug-likeness (QED) is 0.867. The maximum atomic E-state index is 11.7. The first-order valence-corrected chi connectivity index (χ1v) is 7.70. The van der Waals surface area contributed by atoms with Gasteiger partial charge in [-0.1, -0.05) is 20.8 Å². The zero-order valence-electron chi connectivity index (χ0n) is 13.8. The van der Waals surface area contributed by atoms with Gasteiger partial charge >= 0.3 is 5.97 Å². The molecule has 0 amide bonds. The molecule has 0 aliphatic rings. The van der Waals surface area contributed by atoms with E-state index < -0.39 is 5.97 Å². The van der Waals surface area contributed by atoms with E-state index in [1.165, 1.54) is 11.3 Å². The summed E-state index contributed by atoms with van der Waals surface area (Å²) in [5.74, 6) is -0.466. The molecule has 114 valence electrons. The molecule has 3 nitrogen and oxygen atoms in total. The lowest BCUT2D eigenvalue weighted by Crippen LogP contribution is -2.07. The Morgan fingerprint density at radius 2 is 1.86 bits per heavy atom. The van der Waals surface area contributed by atoms with E-state index in [9.17, 15) is 9.90 Å². The van der Waals surface area contributed by atoms with Gasteiger partial charge in [0.2, 0.25) is 0 Å². The number of fused-ring (bicyclic) bond motifs is 1. The molecule has 0 atom stereocenters. The SMILES string of the molecule is CCc1cc(C(=O)O)c2c(c1)c(C(C)C)c(C)n2C(C)C. The standard InChI is InChI=1S/C18H25NO2/c1-7-13-8-14-16(10(2)3)12(6)19(11(4)5)17(14)15(9-13)18(20)21/h8-11H,7H2,1-6H3,(H,20,21). The van der Waals surface area contributed by atoms with Gasteiger partial charge in [0.15, 0.2) is 0 Å². The van der Waals surface area contributed by atoms with Crippen LogP contribution in [0.15, 0.2) is 12.1 Å². The molecule has 2 rings (SSSR count). The van der Waals surface area contributed by atoms with Crippen LogP contribution in [-0.2, 0) is 6.42 Å². The number of benzene rings is 1. The van der Waals surface area contributed by atoms with Gasteiger partial charge in [-0.3, -0.25) is 0 Å². The minimum Gasteiger partial charge on any atom is -0.478 e. The van der Waals surface area contributed by atoms with Crippen molar-refractivity contribution < 1.29 is 9.90 Å². The lowest BCUT2D eigenvalue weighted by Gasteiger charge is -2.15. The largest absolute Gasteiger partial charge is 0.478 e. The summed E-state index contributed by atoms with van der Waals surface area (Å²) in [5.41, 5.74) is 4.84. The highest BCUT2D eigenvalue weighted by Crippen LogP contribution is 2.36. The lowest BCUT2D eigenvalue weighted by atomic mass is 9.96. The number of hydrogen-bond donors (Lipinski definition) is 1. The summed E-state index contributed by atoms with van der Waals surface area (Å²) in [5, 5.41) is 10.7. The highest BCUT2D eigenvalue weighted by atomic mass is 16.4. The first kappa shape index (κ1) is 15.6. The molecule has 1 aromatic carbocycles. The first-order chi connectivity index (χ1) is 9.79. The Morgan fingerprint density at radius 1 is 1.24 bits per heavy atom. The third-order valence-electron chi connectivity index (χ3n) is 4.18. The van der Waals surface area contributed by atoms with Crippen LogP contribution in [0.1, 0.15) is 73.8 Å².